The summed E-state index contributed by atoms with van der Waals surface area (Å²) < 4.78 is 5.26. The van der Waals surface area contributed by atoms with Gasteiger partial charge in [0, 0.05) is 6.07 Å². The predicted octanol–water partition coefficient (Wildman–Crippen LogP) is 2.36. The van der Waals surface area contributed by atoms with Gasteiger partial charge in [0.25, 0.3) is 0 Å². The molecule has 5 heteroatoms. The van der Waals surface area contributed by atoms with Crippen LogP contribution in [0.15, 0.2) is 23.1 Å². The summed E-state index contributed by atoms with van der Waals surface area (Å²) in [6.45, 7) is 0. The minimum Gasteiger partial charge on any atom is -0.462 e. The van der Waals surface area contributed by atoms with Gasteiger partial charge in [-0.2, -0.15) is 0 Å². The molecule has 0 saturated carbocycles. The molecule has 0 fully saturated rings. The Morgan fingerprint density at radius 3 is 3.23 bits per heavy atom. The lowest BCUT2D eigenvalue weighted by atomic mass is 10.4. The van der Waals surface area contributed by atoms with Crippen LogP contribution in [0.5, 0.6) is 0 Å². The Bertz CT molecular complexity index is 583. The molecular formula is C8H4ClN3O. The van der Waals surface area contributed by atoms with Crippen molar-refractivity contribution in [2.75, 3.05) is 0 Å². The third kappa shape index (κ3) is 0.805. The summed E-state index contributed by atoms with van der Waals surface area (Å²) in [6, 6.07) is 1.83. The Morgan fingerprint density at radius 2 is 2.31 bits per heavy atom. The van der Waals surface area contributed by atoms with Crippen molar-refractivity contribution in [1.29, 1.82) is 0 Å². The average molecular weight is 194 g/mol. The highest BCUT2D eigenvalue weighted by molar-refractivity contribution is 6.36. The SMILES string of the molecule is Clc1ncnc2[nH]c3ccoc3c12. The Labute approximate surface area is 77.5 Å². The molecular weight excluding hydrogens is 190 g/mol. The zero-order valence-electron chi connectivity index (χ0n) is 6.41. The first-order chi connectivity index (χ1) is 6.36. The molecule has 4 nitrogen and oxygen atoms in total. The number of aromatic amines is 1. The highest BCUT2D eigenvalue weighted by Gasteiger charge is 2.11. The molecule has 0 aliphatic carbocycles. The molecule has 0 radical (unpaired) electrons. The van der Waals surface area contributed by atoms with Gasteiger partial charge in [-0.25, -0.2) is 9.97 Å². The molecule has 0 spiro atoms. The van der Waals surface area contributed by atoms with Crippen molar-refractivity contribution >= 4 is 33.7 Å². The molecule has 3 aromatic rings. The van der Waals surface area contributed by atoms with Gasteiger partial charge in [-0.1, -0.05) is 11.6 Å². The van der Waals surface area contributed by atoms with Crippen LogP contribution in [0.4, 0.5) is 0 Å². The van der Waals surface area contributed by atoms with Gasteiger partial charge in [0.15, 0.2) is 5.58 Å². The van der Waals surface area contributed by atoms with E-state index in [4.69, 9.17) is 16.0 Å². The van der Waals surface area contributed by atoms with E-state index in [1.54, 1.807) is 6.26 Å². The topological polar surface area (TPSA) is 54.7 Å². The lowest BCUT2D eigenvalue weighted by Gasteiger charge is -1.89. The van der Waals surface area contributed by atoms with Crippen molar-refractivity contribution in [3.05, 3.63) is 23.8 Å². The molecule has 0 aliphatic rings. The summed E-state index contributed by atoms with van der Waals surface area (Å²) in [5.74, 6) is 0. The second kappa shape index (κ2) is 2.23. The van der Waals surface area contributed by atoms with Crippen molar-refractivity contribution < 1.29 is 4.42 Å². The lowest BCUT2D eigenvalue weighted by molar-refractivity contribution is 0.619. The monoisotopic (exact) mass is 193 g/mol. The number of H-pyrrole nitrogens is 1. The van der Waals surface area contributed by atoms with E-state index in [1.165, 1.54) is 6.33 Å². The van der Waals surface area contributed by atoms with Gasteiger partial charge in [0.1, 0.15) is 17.1 Å². The van der Waals surface area contributed by atoms with E-state index < -0.39 is 0 Å². The van der Waals surface area contributed by atoms with Gasteiger partial charge < -0.3 is 9.40 Å². The van der Waals surface area contributed by atoms with Crippen molar-refractivity contribution in [1.82, 2.24) is 15.0 Å². The summed E-state index contributed by atoms with van der Waals surface area (Å²) in [4.78, 5) is 11.0. The third-order valence-electron chi connectivity index (χ3n) is 1.95. The molecule has 0 amide bonds. The molecule has 0 bridgehead atoms. The van der Waals surface area contributed by atoms with Crippen LogP contribution in [0.25, 0.3) is 22.1 Å². The fourth-order valence-corrected chi connectivity index (χ4v) is 1.61. The molecule has 3 rings (SSSR count). The quantitative estimate of drug-likeness (QED) is 0.558. The van der Waals surface area contributed by atoms with Crippen molar-refractivity contribution in [2.45, 2.75) is 0 Å². The van der Waals surface area contributed by atoms with Crippen LogP contribution in [0.3, 0.4) is 0 Å². The molecule has 3 aromatic heterocycles. The molecule has 13 heavy (non-hydrogen) atoms. The summed E-state index contributed by atoms with van der Waals surface area (Å²) in [5, 5.41) is 1.15. The van der Waals surface area contributed by atoms with Gasteiger partial charge in [0.05, 0.1) is 17.2 Å². The van der Waals surface area contributed by atoms with Gasteiger partial charge in [0.2, 0.25) is 0 Å². The van der Waals surface area contributed by atoms with E-state index in [-0.39, 0.29) is 0 Å². The van der Waals surface area contributed by atoms with Crippen LogP contribution in [0, 0.1) is 0 Å². The standard InChI is InChI=1S/C8H4ClN3O/c9-7-5-6-4(1-2-13-6)12-8(5)11-3-10-7/h1-3H,(H,10,11,12). The summed E-state index contributed by atoms with van der Waals surface area (Å²) in [6.07, 6.45) is 3.02. The first kappa shape index (κ1) is 6.91. The maximum Gasteiger partial charge on any atom is 0.164 e. The van der Waals surface area contributed by atoms with E-state index in [2.05, 4.69) is 15.0 Å². The van der Waals surface area contributed by atoms with Gasteiger partial charge >= 0.3 is 0 Å². The minimum absolute atomic E-state index is 0.409. The number of nitrogens with zero attached hydrogens (tertiary/aromatic N) is 2. The minimum atomic E-state index is 0.409. The largest absolute Gasteiger partial charge is 0.462 e. The van der Waals surface area contributed by atoms with E-state index in [0.29, 0.717) is 16.4 Å². The predicted molar refractivity (Wildman–Crippen MR) is 48.7 cm³/mol. The highest BCUT2D eigenvalue weighted by atomic mass is 35.5. The second-order valence-corrected chi connectivity index (χ2v) is 3.03. The van der Waals surface area contributed by atoms with Crippen molar-refractivity contribution in [3.63, 3.8) is 0 Å². The fraction of sp³-hybridized carbons (Fsp3) is 0. The summed E-state index contributed by atoms with van der Waals surface area (Å²) >= 11 is 5.90. The Kier molecular flexibility index (Phi) is 1.19. The zero-order valence-corrected chi connectivity index (χ0v) is 7.17. The molecule has 3 heterocycles. The smallest absolute Gasteiger partial charge is 0.164 e. The number of furan rings is 1. The van der Waals surface area contributed by atoms with Crippen LogP contribution in [-0.2, 0) is 0 Å². The molecule has 64 valence electrons. The zero-order chi connectivity index (χ0) is 8.84. The highest BCUT2D eigenvalue weighted by Crippen LogP contribution is 2.28. The third-order valence-corrected chi connectivity index (χ3v) is 2.23. The summed E-state index contributed by atoms with van der Waals surface area (Å²) in [5.41, 5.74) is 2.30. The molecule has 0 atom stereocenters. The van der Waals surface area contributed by atoms with E-state index in [0.717, 1.165) is 10.9 Å². The molecule has 0 unspecified atom stereocenters. The summed E-state index contributed by atoms with van der Waals surface area (Å²) in [7, 11) is 0. The molecule has 0 saturated heterocycles. The Hall–Kier alpha value is -1.55. The van der Waals surface area contributed by atoms with Gasteiger partial charge in [-0.05, 0) is 0 Å². The number of nitrogens with one attached hydrogen (secondary N) is 1. The van der Waals surface area contributed by atoms with Crippen LogP contribution in [0.1, 0.15) is 0 Å². The normalized spacial score (nSPS) is 11.5. The van der Waals surface area contributed by atoms with Crippen LogP contribution in [0.2, 0.25) is 5.15 Å². The fourth-order valence-electron chi connectivity index (χ4n) is 1.39. The van der Waals surface area contributed by atoms with E-state index in [9.17, 15) is 0 Å². The van der Waals surface area contributed by atoms with Crippen LogP contribution < -0.4 is 0 Å². The number of fused-ring (bicyclic) bond motifs is 3. The van der Waals surface area contributed by atoms with Crippen LogP contribution >= 0.6 is 11.6 Å². The van der Waals surface area contributed by atoms with Gasteiger partial charge in [-0.15, -0.1) is 0 Å². The van der Waals surface area contributed by atoms with E-state index >= 15 is 0 Å². The molecule has 1 N–H and O–H groups in total. The first-order valence-corrected chi connectivity index (χ1v) is 4.09. The van der Waals surface area contributed by atoms with Crippen molar-refractivity contribution in [2.24, 2.45) is 0 Å². The maximum absolute atomic E-state index is 5.90. The lowest BCUT2D eigenvalue weighted by Crippen LogP contribution is -1.80. The number of aromatic nitrogens is 3. The second-order valence-electron chi connectivity index (χ2n) is 2.68. The Morgan fingerprint density at radius 1 is 1.38 bits per heavy atom. The van der Waals surface area contributed by atoms with Crippen LogP contribution in [-0.4, -0.2) is 15.0 Å². The molecule has 0 aromatic carbocycles. The number of rotatable bonds is 0. The number of halogens is 1. The van der Waals surface area contributed by atoms with Gasteiger partial charge in [-0.3, -0.25) is 0 Å². The Balaban J connectivity index is 2.68. The first-order valence-electron chi connectivity index (χ1n) is 3.71. The number of hydrogen-bond acceptors (Lipinski definition) is 3. The molecule has 0 aliphatic heterocycles. The van der Waals surface area contributed by atoms with E-state index in [1.807, 2.05) is 6.07 Å². The maximum atomic E-state index is 5.90. The number of hydrogen-bond donors (Lipinski definition) is 1. The van der Waals surface area contributed by atoms with Crippen molar-refractivity contribution in [3.8, 4) is 0 Å². The average Bonchev–Trinajstić information content (AvgIpc) is 2.62.